The van der Waals surface area contributed by atoms with Crippen LogP contribution in [0.3, 0.4) is 0 Å². The number of carbonyl (C=O) groups is 1. The van der Waals surface area contributed by atoms with E-state index in [-0.39, 0.29) is 23.8 Å². The Balaban J connectivity index is 2.15. The molecule has 0 fully saturated rings. The SMILES string of the molecule is Cc1cc(C(=O)N[C@H](C)c2nncn2C(C)C)ccc1F. The van der Waals surface area contributed by atoms with E-state index in [1.54, 1.807) is 13.3 Å². The summed E-state index contributed by atoms with van der Waals surface area (Å²) in [5.41, 5.74) is 0.872. The van der Waals surface area contributed by atoms with Gasteiger partial charge in [-0.3, -0.25) is 4.79 Å². The lowest BCUT2D eigenvalue weighted by atomic mass is 10.1. The third-order valence-corrected chi connectivity index (χ3v) is 3.31. The number of hydrogen-bond donors (Lipinski definition) is 1. The van der Waals surface area contributed by atoms with Crippen LogP contribution < -0.4 is 5.32 Å². The predicted molar refractivity (Wildman–Crippen MR) is 77.4 cm³/mol. The van der Waals surface area contributed by atoms with E-state index >= 15 is 0 Å². The summed E-state index contributed by atoms with van der Waals surface area (Å²) >= 11 is 0. The van der Waals surface area contributed by atoms with Gasteiger partial charge in [0.05, 0.1) is 6.04 Å². The number of benzene rings is 1. The molecule has 6 heteroatoms. The van der Waals surface area contributed by atoms with Crippen molar-refractivity contribution in [3.8, 4) is 0 Å². The van der Waals surface area contributed by atoms with Crippen LogP contribution in [0.2, 0.25) is 0 Å². The van der Waals surface area contributed by atoms with E-state index in [9.17, 15) is 9.18 Å². The molecule has 0 aliphatic rings. The van der Waals surface area contributed by atoms with Crippen LogP contribution in [-0.4, -0.2) is 20.7 Å². The summed E-state index contributed by atoms with van der Waals surface area (Å²) in [7, 11) is 0. The van der Waals surface area contributed by atoms with Crippen LogP contribution >= 0.6 is 0 Å². The van der Waals surface area contributed by atoms with Gasteiger partial charge in [-0.15, -0.1) is 10.2 Å². The zero-order valence-corrected chi connectivity index (χ0v) is 12.6. The van der Waals surface area contributed by atoms with Gasteiger partial charge in [-0.2, -0.15) is 0 Å². The summed E-state index contributed by atoms with van der Waals surface area (Å²) in [5.74, 6) is 0.111. The Morgan fingerprint density at radius 3 is 2.67 bits per heavy atom. The maximum Gasteiger partial charge on any atom is 0.251 e. The number of carbonyl (C=O) groups excluding carboxylic acids is 1. The Morgan fingerprint density at radius 2 is 2.05 bits per heavy atom. The molecule has 0 aliphatic heterocycles. The second-order valence-electron chi connectivity index (χ2n) is 5.35. The number of nitrogens with one attached hydrogen (secondary N) is 1. The fraction of sp³-hybridized carbons (Fsp3) is 0.400. The number of amides is 1. The van der Waals surface area contributed by atoms with Gasteiger partial charge in [-0.1, -0.05) is 0 Å². The van der Waals surface area contributed by atoms with E-state index in [0.29, 0.717) is 17.0 Å². The van der Waals surface area contributed by atoms with Crippen LogP contribution in [0.4, 0.5) is 4.39 Å². The number of aryl methyl sites for hydroxylation is 1. The molecule has 0 aliphatic carbocycles. The van der Waals surface area contributed by atoms with E-state index in [4.69, 9.17) is 0 Å². The van der Waals surface area contributed by atoms with Gasteiger partial charge in [-0.05, 0) is 51.5 Å². The molecule has 21 heavy (non-hydrogen) atoms. The summed E-state index contributed by atoms with van der Waals surface area (Å²) in [4.78, 5) is 12.2. The molecule has 112 valence electrons. The molecule has 0 saturated carbocycles. The second kappa shape index (κ2) is 6.03. The molecule has 1 atom stereocenters. The van der Waals surface area contributed by atoms with Crippen LogP contribution in [0.1, 0.15) is 54.6 Å². The lowest BCUT2D eigenvalue weighted by Gasteiger charge is -2.17. The van der Waals surface area contributed by atoms with E-state index in [1.165, 1.54) is 18.2 Å². The summed E-state index contributed by atoms with van der Waals surface area (Å²) in [6.45, 7) is 7.51. The molecule has 0 spiro atoms. The van der Waals surface area contributed by atoms with Crippen LogP contribution in [0.25, 0.3) is 0 Å². The molecule has 0 radical (unpaired) electrons. The molecule has 0 bridgehead atoms. The number of rotatable bonds is 4. The second-order valence-corrected chi connectivity index (χ2v) is 5.35. The first-order valence-corrected chi connectivity index (χ1v) is 6.86. The lowest BCUT2D eigenvalue weighted by Crippen LogP contribution is -2.29. The first-order chi connectivity index (χ1) is 9.90. The van der Waals surface area contributed by atoms with E-state index in [1.807, 2.05) is 25.3 Å². The van der Waals surface area contributed by atoms with Gasteiger partial charge in [0.25, 0.3) is 5.91 Å². The predicted octanol–water partition coefficient (Wildman–Crippen LogP) is 2.80. The van der Waals surface area contributed by atoms with Gasteiger partial charge in [0, 0.05) is 11.6 Å². The van der Waals surface area contributed by atoms with Gasteiger partial charge < -0.3 is 9.88 Å². The molecule has 2 aromatic rings. The molecule has 1 aromatic heterocycles. The van der Waals surface area contributed by atoms with E-state index in [2.05, 4.69) is 15.5 Å². The highest BCUT2D eigenvalue weighted by Crippen LogP contribution is 2.15. The first-order valence-electron chi connectivity index (χ1n) is 6.86. The Morgan fingerprint density at radius 1 is 1.33 bits per heavy atom. The Kier molecular flexibility index (Phi) is 4.35. The van der Waals surface area contributed by atoms with Crippen LogP contribution in [0.5, 0.6) is 0 Å². The van der Waals surface area contributed by atoms with Gasteiger partial charge in [0.1, 0.15) is 12.1 Å². The zero-order chi connectivity index (χ0) is 15.6. The van der Waals surface area contributed by atoms with Crippen molar-refractivity contribution < 1.29 is 9.18 Å². The van der Waals surface area contributed by atoms with E-state index in [0.717, 1.165) is 0 Å². The lowest BCUT2D eigenvalue weighted by molar-refractivity contribution is 0.0937. The van der Waals surface area contributed by atoms with Crippen molar-refractivity contribution in [2.24, 2.45) is 0 Å². The highest BCUT2D eigenvalue weighted by Gasteiger charge is 2.18. The summed E-state index contributed by atoms with van der Waals surface area (Å²) in [6.07, 6.45) is 1.64. The maximum atomic E-state index is 13.2. The Bertz CT molecular complexity index is 651. The van der Waals surface area contributed by atoms with Crippen LogP contribution in [-0.2, 0) is 0 Å². The number of halogens is 1. The zero-order valence-electron chi connectivity index (χ0n) is 12.6. The molecule has 1 aromatic carbocycles. The number of nitrogens with zero attached hydrogens (tertiary/aromatic N) is 3. The van der Waals surface area contributed by atoms with Gasteiger partial charge in [0.15, 0.2) is 5.82 Å². The minimum atomic E-state index is -0.320. The monoisotopic (exact) mass is 290 g/mol. The van der Waals surface area contributed by atoms with Crippen molar-refractivity contribution in [2.75, 3.05) is 0 Å². The molecule has 0 saturated heterocycles. The fourth-order valence-electron chi connectivity index (χ4n) is 2.09. The largest absolute Gasteiger partial charge is 0.342 e. The molecule has 0 unspecified atom stereocenters. The van der Waals surface area contributed by atoms with E-state index < -0.39 is 0 Å². The molecular formula is C15H19FN4O. The molecule has 1 N–H and O–H groups in total. The average molecular weight is 290 g/mol. The quantitative estimate of drug-likeness (QED) is 0.942. The van der Waals surface area contributed by atoms with Crippen molar-refractivity contribution in [3.63, 3.8) is 0 Å². The molecule has 5 nitrogen and oxygen atoms in total. The van der Waals surface area contributed by atoms with Crippen molar-refractivity contribution in [3.05, 3.63) is 47.3 Å². The van der Waals surface area contributed by atoms with Crippen molar-refractivity contribution in [2.45, 2.75) is 39.8 Å². The molecular weight excluding hydrogens is 271 g/mol. The van der Waals surface area contributed by atoms with Crippen molar-refractivity contribution in [1.29, 1.82) is 0 Å². The molecule has 1 amide bonds. The summed E-state index contributed by atoms with van der Waals surface area (Å²) in [5, 5.41) is 10.8. The van der Waals surface area contributed by atoms with Crippen molar-refractivity contribution >= 4 is 5.91 Å². The van der Waals surface area contributed by atoms with Crippen molar-refractivity contribution in [1.82, 2.24) is 20.1 Å². The molecule has 2 rings (SSSR count). The Labute approximate surface area is 123 Å². The average Bonchev–Trinajstić information content (AvgIpc) is 2.91. The normalized spacial score (nSPS) is 12.5. The van der Waals surface area contributed by atoms with Gasteiger partial charge in [-0.25, -0.2) is 4.39 Å². The third kappa shape index (κ3) is 3.26. The van der Waals surface area contributed by atoms with Crippen LogP contribution in [0.15, 0.2) is 24.5 Å². The smallest absolute Gasteiger partial charge is 0.251 e. The third-order valence-electron chi connectivity index (χ3n) is 3.31. The first kappa shape index (κ1) is 15.2. The minimum absolute atomic E-state index is 0.211. The summed E-state index contributed by atoms with van der Waals surface area (Å²) < 4.78 is 15.1. The molecule has 1 heterocycles. The standard InChI is InChI=1S/C15H19FN4O/c1-9(2)20-8-17-19-14(20)11(4)18-15(21)12-5-6-13(16)10(3)7-12/h5-9,11H,1-4H3,(H,18,21)/t11-/m1/s1. The summed E-state index contributed by atoms with van der Waals surface area (Å²) in [6, 6.07) is 4.23. The van der Waals surface area contributed by atoms with Crippen LogP contribution in [0, 0.1) is 12.7 Å². The van der Waals surface area contributed by atoms with Gasteiger partial charge in [0.2, 0.25) is 0 Å². The number of hydrogen-bond acceptors (Lipinski definition) is 3. The fourth-order valence-corrected chi connectivity index (χ4v) is 2.09. The highest BCUT2D eigenvalue weighted by atomic mass is 19.1. The number of aromatic nitrogens is 3. The minimum Gasteiger partial charge on any atom is -0.342 e. The maximum absolute atomic E-state index is 13.2. The highest BCUT2D eigenvalue weighted by molar-refractivity contribution is 5.94. The Hall–Kier alpha value is -2.24. The van der Waals surface area contributed by atoms with Gasteiger partial charge >= 0.3 is 0 Å². The topological polar surface area (TPSA) is 59.8 Å².